The summed E-state index contributed by atoms with van der Waals surface area (Å²) >= 11 is 0. The van der Waals surface area contributed by atoms with Gasteiger partial charge in [-0.3, -0.25) is 29.6 Å². The van der Waals surface area contributed by atoms with E-state index in [1.165, 1.54) is 34.2 Å². The third-order valence-corrected chi connectivity index (χ3v) is 3.91. The molecule has 0 aliphatic rings. The lowest BCUT2D eigenvalue weighted by Gasteiger charge is -2.23. The van der Waals surface area contributed by atoms with Crippen molar-refractivity contribution in [1.82, 2.24) is 19.6 Å². The summed E-state index contributed by atoms with van der Waals surface area (Å²) in [5.41, 5.74) is -1.24. The molecule has 0 saturated carbocycles. The molecule has 0 aromatic carbocycles. The maximum atomic E-state index is 10.4. The Morgan fingerprint density at radius 3 is 1.96 bits per heavy atom. The minimum atomic E-state index is -0.777. The fourth-order valence-electron chi connectivity index (χ4n) is 2.08. The minimum Gasteiger partial charge on any atom is -0.396 e. The topological polar surface area (TPSA) is 162 Å². The van der Waals surface area contributed by atoms with E-state index in [0.29, 0.717) is 19.4 Å². The van der Waals surface area contributed by atoms with E-state index in [4.69, 9.17) is 5.11 Å². The van der Waals surface area contributed by atoms with Crippen molar-refractivity contribution >= 4 is 11.4 Å². The summed E-state index contributed by atoms with van der Waals surface area (Å²) in [6.07, 6.45) is 6.14. The van der Waals surface area contributed by atoms with Gasteiger partial charge in [-0.15, -0.1) is 0 Å². The number of aryl methyl sites for hydroxylation is 1. The van der Waals surface area contributed by atoms with Gasteiger partial charge in [-0.05, 0) is 40.5 Å². The van der Waals surface area contributed by atoms with E-state index in [2.05, 4.69) is 10.2 Å². The number of aromatic nitrogens is 4. The van der Waals surface area contributed by atoms with Crippen LogP contribution >= 0.6 is 0 Å². The summed E-state index contributed by atoms with van der Waals surface area (Å²) < 4.78 is 2.96. The maximum absolute atomic E-state index is 10.4. The van der Waals surface area contributed by atoms with Crippen molar-refractivity contribution in [3.8, 4) is 0 Å². The molecule has 0 saturated heterocycles. The summed E-state index contributed by atoms with van der Waals surface area (Å²) in [5.74, 6) is 0. The fourth-order valence-corrected chi connectivity index (χ4v) is 2.08. The molecule has 0 atom stereocenters. The minimum absolute atomic E-state index is 0.0271. The second kappa shape index (κ2) is 9.37. The van der Waals surface area contributed by atoms with Crippen molar-refractivity contribution in [3.05, 3.63) is 45.0 Å². The van der Waals surface area contributed by atoms with Crippen LogP contribution in [0, 0.1) is 20.2 Å². The van der Waals surface area contributed by atoms with Gasteiger partial charge >= 0.3 is 11.4 Å². The van der Waals surface area contributed by atoms with E-state index in [1.807, 2.05) is 13.8 Å². The van der Waals surface area contributed by atoms with E-state index in [-0.39, 0.29) is 18.0 Å². The molecule has 2 aromatic heterocycles. The molecule has 12 heteroatoms. The number of hydrogen-bond acceptors (Lipinski definition) is 8. The lowest BCUT2D eigenvalue weighted by molar-refractivity contribution is -0.385. The van der Waals surface area contributed by atoms with Gasteiger partial charge in [-0.1, -0.05) is 0 Å². The molecule has 12 nitrogen and oxygen atoms in total. The van der Waals surface area contributed by atoms with E-state index in [0.717, 1.165) is 0 Å². The van der Waals surface area contributed by atoms with Gasteiger partial charge in [0.15, 0.2) is 0 Å². The highest BCUT2D eigenvalue weighted by atomic mass is 16.6. The summed E-state index contributed by atoms with van der Waals surface area (Å²) in [4.78, 5) is 19.7. The molecule has 2 heterocycles. The number of nitro groups is 2. The van der Waals surface area contributed by atoms with E-state index >= 15 is 0 Å². The Kier molecular flexibility index (Phi) is 7.76. The van der Waals surface area contributed by atoms with Crippen molar-refractivity contribution in [2.45, 2.75) is 58.2 Å². The Morgan fingerprint density at radius 2 is 1.54 bits per heavy atom. The van der Waals surface area contributed by atoms with Crippen LogP contribution < -0.4 is 0 Å². The molecule has 0 fully saturated rings. The standard InChI is InChI=1S/2C8H13N3O3/c1-8(2,3-4-12)10-6-7(5-9-10)11(13)14;1-8(2,12)3-4-10-6-7(5-9-10)11(13)14/h2*5-6,12H,3-4H2,1-2H3. The lowest BCUT2D eigenvalue weighted by atomic mass is 10.0. The van der Waals surface area contributed by atoms with Crippen LogP contribution in [-0.4, -0.2) is 51.8 Å². The summed E-state index contributed by atoms with van der Waals surface area (Å²) in [5, 5.41) is 46.6. The van der Waals surface area contributed by atoms with Crippen molar-refractivity contribution in [1.29, 1.82) is 0 Å². The van der Waals surface area contributed by atoms with Crippen LogP contribution in [0.2, 0.25) is 0 Å². The van der Waals surface area contributed by atoms with Crippen LogP contribution in [0.1, 0.15) is 40.5 Å². The van der Waals surface area contributed by atoms with Crippen LogP contribution in [0.5, 0.6) is 0 Å². The van der Waals surface area contributed by atoms with Crippen LogP contribution in [-0.2, 0) is 12.1 Å². The fraction of sp³-hybridized carbons (Fsp3) is 0.625. The van der Waals surface area contributed by atoms with Crippen molar-refractivity contribution in [2.24, 2.45) is 0 Å². The predicted octanol–water partition coefficient (Wildman–Crippen LogP) is 1.86. The van der Waals surface area contributed by atoms with Crippen molar-refractivity contribution in [3.63, 3.8) is 0 Å². The average molecular weight is 398 g/mol. The summed E-state index contributed by atoms with van der Waals surface area (Å²) in [6, 6.07) is 0. The molecular formula is C16H26N6O6. The predicted molar refractivity (Wildman–Crippen MR) is 99.7 cm³/mol. The molecule has 2 rings (SSSR count). The third kappa shape index (κ3) is 7.40. The SMILES string of the molecule is CC(C)(CCO)n1cc([N+](=O)[O-])cn1.CC(C)(O)CCn1cc([N+](=O)[O-])cn1. The maximum Gasteiger partial charge on any atom is 0.307 e. The van der Waals surface area contributed by atoms with Crippen LogP contribution in [0.3, 0.4) is 0 Å². The van der Waals surface area contributed by atoms with Gasteiger partial charge in [0, 0.05) is 13.2 Å². The zero-order valence-electron chi connectivity index (χ0n) is 16.3. The Balaban J connectivity index is 0.000000280. The average Bonchev–Trinajstić information content (AvgIpc) is 3.23. The second-order valence-corrected chi connectivity index (χ2v) is 7.47. The molecule has 0 aliphatic carbocycles. The zero-order valence-corrected chi connectivity index (χ0v) is 16.3. The number of aliphatic hydroxyl groups is 2. The normalized spacial score (nSPS) is 11.6. The largest absolute Gasteiger partial charge is 0.396 e. The molecular weight excluding hydrogens is 372 g/mol. The third-order valence-electron chi connectivity index (χ3n) is 3.91. The Labute approximate surface area is 161 Å². The molecule has 0 unspecified atom stereocenters. The molecule has 156 valence electrons. The molecule has 0 amide bonds. The van der Waals surface area contributed by atoms with E-state index < -0.39 is 21.0 Å². The Bertz CT molecular complexity index is 792. The Hall–Kier alpha value is -2.86. The highest BCUT2D eigenvalue weighted by Gasteiger charge is 2.22. The lowest BCUT2D eigenvalue weighted by Crippen LogP contribution is -2.27. The molecule has 0 aliphatic heterocycles. The van der Waals surface area contributed by atoms with Gasteiger partial charge in [0.1, 0.15) is 24.8 Å². The molecule has 2 N–H and O–H groups in total. The molecule has 2 aromatic rings. The molecule has 0 bridgehead atoms. The van der Waals surface area contributed by atoms with Gasteiger partial charge in [-0.2, -0.15) is 10.2 Å². The monoisotopic (exact) mass is 398 g/mol. The first-order chi connectivity index (χ1) is 12.9. The van der Waals surface area contributed by atoms with Gasteiger partial charge in [0.05, 0.1) is 21.0 Å². The molecule has 28 heavy (non-hydrogen) atoms. The van der Waals surface area contributed by atoms with Gasteiger partial charge in [0.25, 0.3) is 0 Å². The molecule has 0 spiro atoms. The first kappa shape index (κ1) is 23.2. The number of nitrogens with zero attached hydrogens (tertiary/aromatic N) is 6. The van der Waals surface area contributed by atoms with Crippen LogP contribution in [0.4, 0.5) is 11.4 Å². The number of hydrogen-bond donors (Lipinski definition) is 2. The quantitative estimate of drug-likeness (QED) is 0.503. The second-order valence-electron chi connectivity index (χ2n) is 7.47. The number of rotatable bonds is 8. The zero-order chi connectivity index (χ0) is 21.5. The van der Waals surface area contributed by atoms with Crippen LogP contribution in [0.25, 0.3) is 0 Å². The number of aliphatic hydroxyl groups excluding tert-OH is 1. The van der Waals surface area contributed by atoms with Gasteiger partial charge in [-0.25, -0.2) is 0 Å². The first-order valence-corrected chi connectivity index (χ1v) is 8.55. The first-order valence-electron chi connectivity index (χ1n) is 8.55. The Morgan fingerprint density at radius 1 is 1.00 bits per heavy atom. The highest BCUT2D eigenvalue weighted by Crippen LogP contribution is 2.21. The smallest absolute Gasteiger partial charge is 0.307 e. The highest BCUT2D eigenvalue weighted by molar-refractivity contribution is 5.21. The van der Waals surface area contributed by atoms with E-state index in [9.17, 15) is 25.3 Å². The summed E-state index contributed by atoms with van der Waals surface area (Å²) in [7, 11) is 0. The van der Waals surface area contributed by atoms with Gasteiger partial charge < -0.3 is 10.2 Å². The van der Waals surface area contributed by atoms with Crippen molar-refractivity contribution in [2.75, 3.05) is 6.61 Å². The van der Waals surface area contributed by atoms with E-state index in [1.54, 1.807) is 13.8 Å². The van der Waals surface area contributed by atoms with Crippen molar-refractivity contribution < 1.29 is 20.1 Å². The van der Waals surface area contributed by atoms with Crippen LogP contribution in [0.15, 0.2) is 24.8 Å². The summed E-state index contributed by atoms with van der Waals surface area (Å²) in [6.45, 7) is 7.59. The van der Waals surface area contributed by atoms with Gasteiger partial charge in [0.2, 0.25) is 0 Å². The molecule has 0 radical (unpaired) electrons.